The number of ether oxygens (including phenoxy) is 1. The molecular formula is C10H21NO3. The fourth-order valence-corrected chi connectivity index (χ4v) is 0.949. The van der Waals surface area contributed by atoms with Gasteiger partial charge in [0.25, 0.3) is 0 Å². The Bertz CT molecular complexity index is 169. The van der Waals surface area contributed by atoms with E-state index in [2.05, 4.69) is 5.32 Å². The van der Waals surface area contributed by atoms with Gasteiger partial charge in [-0.25, -0.2) is 0 Å². The highest BCUT2D eigenvalue weighted by Crippen LogP contribution is 2.00. The van der Waals surface area contributed by atoms with Crippen LogP contribution in [0, 0.1) is 0 Å². The molecule has 14 heavy (non-hydrogen) atoms. The van der Waals surface area contributed by atoms with Gasteiger partial charge in [0, 0.05) is 12.0 Å². The number of carbonyl (C=O) groups is 1. The van der Waals surface area contributed by atoms with E-state index in [0.717, 1.165) is 6.42 Å². The van der Waals surface area contributed by atoms with Crippen molar-refractivity contribution >= 4 is 5.97 Å². The van der Waals surface area contributed by atoms with Crippen LogP contribution >= 0.6 is 0 Å². The van der Waals surface area contributed by atoms with Crippen LogP contribution in [0.15, 0.2) is 0 Å². The number of esters is 1. The smallest absolute Gasteiger partial charge is 0.305 e. The Balaban J connectivity index is 3.42. The zero-order chi connectivity index (χ0) is 11.0. The molecule has 0 bridgehead atoms. The number of aliphatic hydroxyl groups is 1. The molecule has 0 aromatic carbocycles. The summed E-state index contributed by atoms with van der Waals surface area (Å²) < 4.78 is 4.78. The fraction of sp³-hybridized carbons (Fsp3) is 0.900. The molecule has 0 rings (SSSR count). The maximum Gasteiger partial charge on any atom is 0.305 e. The number of aliphatic hydroxyl groups excluding tert-OH is 1. The van der Waals surface area contributed by atoms with Crippen LogP contribution in [0.3, 0.4) is 0 Å². The maximum absolute atomic E-state index is 10.9. The number of hydrogen-bond donors (Lipinski definition) is 2. The second kappa shape index (κ2) is 6.79. The van der Waals surface area contributed by atoms with E-state index in [9.17, 15) is 4.79 Å². The Labute approximate surface area is 85.6 Å². The molecule has 4 heteroatoms. The Morgan fingerprint density at radius 2 is 2.14 bits per heavy atom. The molecule has 0 saturated heterocycles. The van der Waals surface area contributed by atoms with Crippen molar-refractivity contribution in [1.29, 1.82) is 0 Å². The van der Waals surface area contributed by atoms with Crippen LogP contribution in [0.2, 0.25) is 0 Å². The molecule has 0 aromatic heterocycles. The standard InChI is InChI=1S/C10H21NO3/c1-4-14-9(13)6-5-7-11-10(2,3)8-12/h11-12H,4-8H2,1-3H3. The van der Waals surface area contributed by atoms with Crippen molar-refractivity contribution in [2.75, 3.05) is 19.8 Å². The largest absolute Gasteiger partial charge is 0.466 e. The maximum atomic E-state index is 10.9. The summed E-state index contributed by atoms with van der Waals surface area (Å²) in [6.45, 7) is 6.87. The minimum absolute atomic E-state index is 0.0897. The van der Waals surface area contributed by atoms with E-state index in [1.165, 1.54) is 0 Å². The monoisotopic (exact) mass is 203 g/mol. The van der Waals surface area contributed by atoms with E-state index >= 15 is 0 Å². The van der Waals surface area contributed by atoms with Crippen molar-refractivity contribution in [1.82, 2.24) is 5.32 Å². The second-order valence-corrected chi connectivity index (χ2v) is 3.88. The van der Waals surface area contributed by atoms with E-state index in [1.54, 1.807) is 6.92 Å². The van der Waals surface area contributed by atoms with Crippen LogP contribution in [0.5, 0.6) is 0 Å². The molecule has 0 aromatic rings. The lowest BCUT2D eigenvalue weighted by Gasteiger charge is -2.23. The Kier molecular flexibility index (Phi) is 6.49. The number of carbonyl (C=O) groups excluding carboxylic acids is 1. The summed E-state index contributed by atoms with van der Waals surface area (Å²) in [6, 6.07) is 0. The Morgan fingerprint density at radius 1 is 1.50 bits per heavy atom. The van der Waals surface area contributed by atoms with E-state index in [-0.39, 0.29) is 18.1 Å². The average molecular weight is 203 g/mol. The van der Waals surface area contributed by atoms with Crippen LogP contribution in [0.1, 0.15) is 33.6 Å². The molecule has 0 aliphatic rings. The minimum Gasteiger partial charge on any atom is -0.466 e. The molecule has 2 N–H and O–H groups in total. The third kappa shape index (κ3) is 6.86. The van der Waals surface area contributed by atoms with Crippen LogP contribution in [0.25, 0.3) is 0 Å². The third-order valence-electron chi connectivity index (χ3n) is 1.86. The highest BCUT2D eigenvalue weighted by Gasteiger charge is 2.14. The normalized spacial score (nSPS) is 11.4. The van der Waals surface area contributed by atoms with E-state index in [0.29, 0.717) is 19.6 Å². The van der Waals surface area contributed by atoms with Crippen LogP contribution in [0.4, 0.5) is 0 Å². The van der Waals surface area contributed by atoms with Gasteiger partial charge in [0.2, 0.25) is 0 Å². The number of rotatable bonds is 7. The summed E-state index contributed by atoms with van der Waals surface area (Å²) in [5, 5.41) is 12.1. The van der Waals surface area contributed by atoms with Gasteiger partial charge in [-0.15, -0.1) is 0 Å². The van der Waals surface area contributed by atoms with Gasteiger partial charge in [-0.3, -0.25) is 4.79 Å². The second-order valence-electron chi connectivity index (χ2n) is 3.88. The van der Waals surface area contributed by atoms with E-state index < -0.39 is 0 Å². The Hall–Kier alpha value is -0.610. The summed E-state index contributed by atoms with van der Waals surface area (Å²) in [4.78, 5) is 10.9. The molecule has 0 aliphatic heterocycles. The molecule has 0 atom stereocenters. The van der Waals surface area contributed by atoms with Gasteiger partial charge in [0.15, 0.2) is 0 Å². The van der Waals surface area contributed by atoms with Gasteiger partial charge in [0.1, 0.15) is 0 Å². The summed E-state index contributed by atoms with van der Waals surface area (Å²) in [7, 11) is 0. The minimum atomic E-state index is -0.269. The summed E-state index contributed by atoms with van der Waals surface area (Å²) in [6.07, 6.45) is 1.17. The van der Waals surface area contributed by atoms with Crippen LogP contribution in [-0.4, -0.2) is 36.4 Å². The van der Waals surface area contributed by atoms with Gasteiger partial charge in [0.05, 0.1) is 13.2 Å². The third-order valence-corrected chi connectivity index (χ3v) is 1.86. The molecule has 0 saturated carbocycles. The average Bonchev–Trinajstić information content (AvgIpc) is 2.13. The first-order valence-corrected chi connectivity index (χ1v) is 5.03. The molecule has 84 valence electrons. The molecule has 4 nitrogen and oxygen atoms in total. The summed E-state index contributed by atoms with van der Waals surface area (Å²) >= 11 is 0. The van der Waals surface area contributed by atoms with Gasteiger partial charge >= 0.3 is 5.97 Å². The molecule has 0 spiro atoms. The Morgan fingerprint density at radius 3 is 2.64 bits per heavy atom. The van der Waals surface area contributed by atoms with E-state index in [4.69, 9.17) is 9.84 Å². The molecule has 0 fully saturated rings. The molecule has 0 amide bonds. The van der Waals surface area contributed by atoms with Crippen LogP contribution < -0.4 is 5.32 Å². The van der Waals surface area contributed by atoms with E-state index in [1.807, 2.05) is 13.8 Å². The lowest BCUT2D eigenvalue weighted by Crippen LogP contribution is -2.43. The first kappa shape index (κ1) is 13.4. The van der Waals surface area contributed by atoms with Crippen molar-refractivity contribution in [3.05, 3.63) is 0 Å². The predicted octanol–water partition coefficient (Wildman–Crippen LogP) is 0.690. The number of hydrogen-bond acceptors (Lipinski definition) is 4. The van der Waals surface area contributed by atoms with Crippen LogP contribution in [-0.2, 0) is 9.53 Å². The molecule has 0 radical (unpaired) electrons. The molecule has 0 unspecified atom stereocenters. The molecule has 0 heterocycles. The fourth-order valence-electron chi connectivity index (χ4n) is 0.949. The molecule has 0 aliphatic carbocycles. The van der Waals surface area contributed by atoms with Crippen molar-refractivity contribution < 1.29 is 14.6 Å². The SMILES string of the molecule is CCOC(=O)CCCNC(C)(C)CO. The number of nitrogens with one attached hydrogen (secondary N) is 1. The topological polar surface area (TPSA) is 58.6 Å². The highest BCUT2D eigenvalue weighted by atomic mass is 16.5. The van der Waals surface area contributed by atoms with Crippen molar-refractivity contribution in [2.45, 2.75) is 39.2 Å². The molecular weight excluding hydrogens is 182 g/mol. The summed E-state index contributed by atoms with van der Waals surface area (Å²) in [5.74, 6) is -0.156. The van der Waals surface area contributed by atoms with Gasteiger partial charge in [-0.2, -0.15) is 0 Å². The summed E-state index contributed by atoms with van der Waals surface area (Å²) in [5.41, 5.74) is -0.269. The van der Waals surface area contributed by atoms with Gasteiger partial charge in [-0.05, 0) is 33.7 Å². The lowest BCUT2D eigenvalue weighted by atomic mass is 10.1. The first-order chi connectivity index (χ1) is 6.52. The highest BCUT2D eigenvalue weighted by molar-refractivity contribution is 5.69. The van der Waals surface area contributed by atoms with Crippen molar-refractivity contribution in [3.8, 4) is 0 Å². The first-order valence-electron chi connectivity index (χ1n) is 5.03. The predicted molar refractivity (Wildman–Crippen MR) is 55.0 cm³/mol. The van der Waals surface area contributed by atoms with Gasteiger partial charge < -0.3 is 15.2 Å². The zero-order valence-electron chi connectivity index (χ0n) is 9.30. The quantitative estimate of drug-likeness (QED) is 0.472. The zero-order valence-corrected chi connectivity index (χ0v) is 9.30. The van der Waals surface area contributed by atoms with Crippen molar-refractivity contribution in [3.63, 3.8) is 0 Å². The van der Waals surface area contributed by atoms with Crippen molar-refractivity contribution in [2.24, 2.45) is 0 Å². The lowest BCUT2D eigenvalue weighted by molar-refractivity contribution is -0.143. The van der Waals surface area contributed by atoms with Gasteiger partial charge in [-0.1, -0.05) is 0 Å².